The van der Waals surface area contributed by atoms with Gasteiger partial charge in [0.05, 0.1) is 0 Å². The zero-order valence-electron chi connectivity index (χ0n) is 9.65. The lowest BCUT2D eigenvalue weighted by atomic mass is 10.3. The molecule has 0 fully saturated rings. The lowest BCUT2D eigenvalue weighted by Crippen LogP contribution is -2.44. The van der Waals surface area contributed by atoms with Crippen molar-refractivity contribution in [3.8, 4) is 0 Å². The van der Waals surface area contributed by atoms with Crippen LogP contribution in [0.15, 0.2) is 0 Å². The fourth-order valence-corrected chi connectivity index (χ4v) is 1.31. The van der Waals surface area contributed by atoms with E-state index in [2.05, 4.69) is 10.6 Å². The van der Waals surface area contributed by atoms with E-state index in [4.69, 9.17) is 5.11 Å². The van der Waals surface area contributed by atoms with Gasteiger partial charge < -0.3 is 15.7 Å². The van der Waals surface area contributed by atoms with E-state index < -0.39 is 28.8 Å². The van der Waals surface area contributed by atoms with Crippen LogP contribution in [0.25, 0.3) is 0 Å². The first-order valence-corrected chi connectivity index (χ1v) is 6.56. The van der Waals surface area contributed by atoms with Crippen LogP contribution in [-0.4, -0.2) is 45.4 Å². The first kappa shape index (κ1) is 14.9. The number of rotatable bonds is 6. The fourth-order valence-electron chi connectivity index (χ4n) is 0.864. The van der Waals surface area contributed by atoms with Crippen LogP contribution in [0.3, 0.4) is 0 Å². The Bertz CT molecular complexity index is 283. The molecule has 16 heavy (non-hydrogen) atoms. The van der Waals surface area contributed by atoms with Crippen molar-refractivity contribution in [1.29, 1.82) is 0 Å². The maximum absolute atomic E-state index is 11.1. The summed E-state index contributed by atoms with van der Waals surface area (Å²) in [6, 6.07) is -1.44. The largest absolute Gasteiger partial charge is 0.480 e. The van der Waals surface area contributed by atoms with Crippen molar-refractivity contribution in [1.82, 2.24) is 10.6 Å². The molecule has 3 N–H and O–H groups in total. The van der Waals surface area contributed by atoms with Crippen LogP contribution in [0.2, 0.25) is 0 Å². The van der Waals surface area contributed by atoms with Crippen molar-refractivity contribution < 1.29 is 18.9 Å². The molecule has 0 rings (SSSR count). The molecule has 0 saturated carbocycles. The van der Waals surface area contributed by atoms with Crippen molar-refractivity contribution in [3.05, 3.63) is 0 Å². The molecular weight excluding hydrogens is 232 g/mol. The molecule has 7 heteroatoms. The highest BCUT2D eigenvalue weighted by molar-refractivity contribution is 7.84. The molecule has 2 unspecified atom stereocenters. The lowest BCUT2D eigenvalue weighted by molar-refractivity contribution is -0.138. The maximum Gasteiger partial charge on any atom is 0.325 e. The normalized spacial score (nSPS) is 15.9. The van der Waals surface area contributed by atoms with Crippen molar-refractivity contribution in [3.63, 3.8) is 0 Å². The zero-order valence-corrected chi connectivity index (χ0v) is 10.5. The topological polar surface area (TPSA) is 95.5 Å². The highest BCUT2D eigenvalue weighted by atomic mass is 32.2. The molecule has 0 aliphatic carbocycles. The van der Waals surface area contributed by atoms with Gasteiger partial charge >= 0.3 is 12.0 Å². The van der Waals surface area contributed by atoms with Gasteiger partial charge in [0, 0.05) is 28.9 Å². The van der Waals surface area contributed by atoms with E-state index in [9.17, 15) is 13.8 Å². The molecular formula is C9H18N2O4S. The number of aliphatic carboxylic acids is 1. The Morgan fingerprint density at radius 1 is 1.38 bits per heavy atom. The summed E-state index contributed by atoms with van der Waals surface area (Å²) in [6.45, 7) is 3.58. The number of carboxylic acid groups (broad SMARTS) is 1. The van der Waals surface area contributed by atoms with Crippen molar-refractivity contribution in [2.45, 2.75) is 31.6 Å². The van der Waals surface area contributed by atoms with Crippen LogP contribution in [0.5, 0.6) is 0 Å². The predicted molar refractivity (Wildman–Crippen MR) is 61.8 cm³/mol. The molecule has 94 valence electrons. The molecule has 0 radical (unpaired) electrons. The minimum absolute atomic E-state index is 0.0113. The maximum atomic E-state index is 11.1. The molecule has 0 heterocycles. The molecule has 0 aliphatic heterocycles. The van der Waals surface area contributed by atoms with Gasteiger partial charge in [0.25, 0.3) is 0 Å². The Hall–Kier alpha value is -1.11. The monoisotopic (exact) mass is 250 g/mol. The second kappa shape index (κ2) is 7.21. The van der Waals surface area contributed by atoms with E-state index in [0.717, 1.165) is 0 Å². The van der Waals surface area contributed by atoms with Crippen LogP contribution in [0, 0.1) is 0 Å². The second-order valence-corrected chi connectivity index (χ2v) is 5.36. The molecule has 2 amide bonds. The van der Waals surface area contributed by atoms with E-state index in [1.54, 1.807) is 6.26 Å². The van der Waals surface area contributed by atoms with Crippen molar-refractivity contribution in [2.24, 2.45) is 0 Å². The van der Waals surface area contributed by atoms with Crippen LogP contribution in [0.1, 0.15) is 20.3 Å². The van der Waals surface area contributed by atoms with Gasteiger partial charge in [-0.2, -0.15) is 0 Å². The van der Waals surface area contributed by atoms with Crippen LogP contribution >= 0.6 is 0 Å². The first-order chi connectivity index (χ1) is 7.34. The highest BCUT2D eigenvalue weighted by Gasteiger charge is 2.13. The third-order valence-electron chi connectivity index (χ3n) is 2.12. The van der Waals surface area contributed by atoms with Gasteiger partial charge in [-0.25, -0.2) is 4.79 Å². The van der Waals surface area contributed by atoms with Gasteiger partial charge in [0.2, 0.25) is 0 Å². The SMILES string of the molecule is CC(CCNC(=O)N[C@@H](C)C(=O)O)S(C)=O. The third-order valence-corrected chi connectivity index (χ3v) is 3.49. The Balaban J connectivity index is 3.74. The Morgan fingerprint density at radius 3 is 2.38 bits per heavy atom. The van der Waals surface area contributed by atoms with Gasteiger partial charge in [0.1, 0.15) is 6.04 Å². The zero-order chi connectivity index (χ0) is 12.7. The van der Waals surface area contributed by atoms with Gasteiger partial charge in [-0.3, -0.25) is 9.00 Å². The smallest absolute Gasteiger partial charge is 0.325 e. The summed E-state index contributed by atoms with van der Waals surface area (Å²) in [6.07, 6.45) is 2.20. The average molecular weight is 250 g/mol. The van der Waals surface area contributed by atoms with E-state index in [-0.39, 0.29) is 5.25 Å². The van der Waals surface area contributed by atoms with Crippen molar-refractivity contribution in [2.75, 3.05) is 12.8 Å². The summed E-state index contributed by atoms with van der Waals surface area (Å²) in [5.41, 5.74) is 0. The molecule has 0 aromatic rings. The summed E-state index contributed by atoms with van der Waals surface area (Å²) in [5, 5.41) is 13.3. The Kier molecular flexibility index (Phi) is 6.71. The molecule has 0 saturated heterocycles. The highest BCUT2D eigenvalue weighted by Crippen LogP contribution is 1.96. The molecule has 3 atom stereocenters. The summed E-state index contributed by atoms with van der Waals surface area (Å²) in [7, 11) is -0.909. The van der Waals surface area contributed by atoms with Gasteiger partial charge in [-0.1, -0.05) is 6.92 Å². The average Bonchev–Trinajstić information content (AvgIpc) is 2.16. The van der Waals surface area contributed by atoms with Gasteiger partial charge in [-0.05, 0) is 13.3 Å². The first-order valence-electron chi connectivity index (χ1n) is 4.94. The molecule has 0 spiro atoms. The number of carbonyl (C=O) groups excluding carboxylic acids is 1. The van der Waals surface area contributed by atoms with E-state index in [0.29, 0.717) is 13.0 Å². The Labute approximate surface area is 97.3 Å². The van der Waals surface area contributed by atoms with Crippen molar-refractivity contribution >= 4 is 22.8 Å². The second-order valence-electron chi connectivity index (χ2n) is 3.56. The summed E-state index contributed by atoms with van der Waals surface area (Å²) in [4.78, 5) is 21.6. The number of carbonyl (C=O) groups is 2. The minimum atomic E-state index is -1.09. The third kappa shape index (κ3) is 6.39. The fraction of sp³-hybridized carbons (Fsp3) is 0.778. The van der Waals surface area contributed by atoms with Crippen LogP contribution in [0.4, 0.5) is 4.79 Å². The predicted octanol–water partition coefficient (Wildman–Crippen LogP) is -0.0842. The number of amides is 2. The van der Waals surface area contributed by atoms with E-state index >= 15 is 0 Å². The number of hydrogen-bond acceptors (Lipinski definition) is 3. The summed E-state index contributed by atoms with van der Waals surface area (Å²) < 4.78 is 11.0. The number of hydrogen-bond donors (Lipinski definition) is 3. The van der Waals surface area contributed by atoms with E-state index in [1.807, 2.05) is 6.92 Å². The molecule has 0 aromatic carbocycles. The number of urea groups is 1. The van der Waals surface area contributed by atoms with Gasteiger partial charge in [-0.15, -0.1) is 0 Å². The van der Waals surface area contributed by atoms with Gasteiger partial charge in [0.15, 0.2) is 0 Å². The minimum Gasteiger partial charge on any atom is -0.480 e. The standard InChI is InChI=1S/C9H18N2O4S/c1-6(16(3)15)4-5-10-9(14)11-7(2)8(12)13/h6-7H,4-5H2,1-3H3,(H,12,13)(H2,10,11,14)/t6?,7-,16?/m0/s1. The molecule has 0 aromatic heterocycles. The van der Waals surface area contributed by atoms with E-state index in [1.165, 1.54) is 6.92 Å². The quantitative estimate of drug-likeness (QED) is 0.614. The lowest BCUT2D eigenvalue weighted by Gasteiger charge is -2.12. The van der Waals surface area contributed by atoms with Crippen LogP contribution < -0.4 is 10.6 Å². The molecule has 0 bridgehead atoms. The van der Waals surface area contributed by atoms with Crippen LogP contribution in [-0.2, 0) is 15.6 Å². The Morgan fingerprint density at radius 2 is 1.94 bits per heavy atom. The number of nitrogens with one attached hydrogen (secondary N) is 2. The summed E-state index contributed by atoms with van der Waals surface area (Å²) >= 11 is 0. The molecule has 0 aliphatic rings. The number of carboxylic acids is 1. The molecule has 6 nitrogen and oxygen atoms in total. The summed E-state index contributed by atoms with van der Waals surface area (Å²) in [5.74, 6) is -1.09.